The van der Waals surface area contributed by atoms with Crippen molar-refractivity contribution in [1.82, 2.24) is 9.97 Å². The fraction of sp³-hybridized carbons (Fsp3) is 0.120. The Balaban J connectivity index is 1.45. The Kier molecular flexibility index (Phi) is 7.56. The number of ether oxygens (including phenoxy) is 1. The summed E-state index contributed by atoms with van der Waals surface area (Å²) in [5.41, 5.74) is 2.12. The summed E-state index contributed by atoms with van der Waals surface area (Å²) in [7, 11) is 1.52. The molecule has 0 radical (unpaired) electrons. The first kappa shape index (κ1) is 23.5. The summed E-state index contributed by atoms with van der Waals surface area (Å²) in [5.74, 6) is 0.964. The second-order valence-corrected chi connectivity index (χ2v) is 9.43. The van der Waals surface area contributed by atoms with Gasteiger partial charge in [-0.15, -0.1) is 23.1 Å². The highest BCUT2D eigenvalue weighted by Crippen LogP contribution is 2.28. The maximum Gasteiger partial charge on any atom is 0.325 e. The lowest BCUT2D eigenvalue weighted by Gasteiger charge is -2.13. The van der Waals surface area contributed by atoms with Crippen molar-refractivity contribution in [2.24, 2.45) is 0 Å². The van der Waals surface area contributed by atoms with Gasteiger partial charge in [0, 0.05) is 39.7 Å². The van der Waals surface area contributed by atoms with Gasteiger partial charge in [0.2, 0.25) is 0 Å². The van der Waals surface area contributed by atoms with Crippen molar-refractivity contribution in [3.05, 3.63) is 94.8 Å². The molecule has 0 aliphatic heterocycles. The van der Waals surface area contributed by atoms with Gasteiger partial charge in [-0.05, 0) is 43.3 Å². The fourth-order valence-corrected chi connectivity index (χ4v) is 4.91. The molecule has 34 heavy (non-hydrogen) atoms. The van der Waals surface area contributed by atoms with E-state index in [0.29, 0.717) is 27.7 Å². The van der Waals surface area contributed by atoms with Gasteiger partial charge in [0.1, 0.15) is 5.75 Å². The van der Waals surface area contributed by atoms with Gasteiger partial charge in [-0.3, -0.25) is 15.1 Å². The molecule has 4 aromatic rings. The Morgan fingerprint density at radius 3 is 2.68 bits per heavy atom. The lowest BCUT2D eigenvalue weighted by molar-refractivity contribution is 0.103. The summed E-state index contributed by atoms with van der Waals surface area (Å²) in [6.07, 6.45) is 5.29. The Bertz CT molecular complexity index is 1310. The van der Waals surface area contributed by atoms with E-state index in [2.05, 4.69) is 20.6 Å². The molecule has 0 saturated carbocycles. The van der Waals surface area contributed by atoms with E-state index in [4.69, 9.17) is 4.74 Å². The molecule has 0 bridgehead atoms. The average molecular weight is 491 g/mol. The van der Waals surface area contributed by atoms with Crippen molar-refractivity contribution < 1.29 is 14.3 Å². The molecule has 0 aliphatic carbocycles. The van der Waals surface area contributed by atoms with E-state index in [0.717, 1.165) is 21.1 Å². The number of benzene rings is 2. The first-order valence-electron chi connectivity index (χ1n) is 10.4. The van der Waals surface area contributed by atoms with E-state index in [1.807, 2.05) is 31.3 Å². The maximum absolute atomic E-state index is 13.3. The third-order valence-corrected chi connectivity index (χ3v) is 6.93. The van der Waals surface area contributed by atoms with E-state index in [1.165, 1.54) is 18.4 Å². The lowest BCUT2D eigenvalue weighted by atomic mass is 9.99. The molecule has 0 atom stereocenters. The highest BCUT2D eigenvalue weighted by atomic mass is 32.2. The number of aryl methyl sites for hydroxylation is 1. The zero-order chi connectivity index (χ0) is 23.9. The molecular formula is C25H22N4O3S2. The molecule has 2 amide bonds. The number of anilines is 2. The number of rotatable bonds is 8. The highest BCUT2D eigenvalue weighted by Gasteiger charge is 2.19. The monoisotopic (exact) mass is 490 g/mol. The number of thioether (sulfide) groups is 1. The first-order valence-corrected chi connectivity index (χ1v) is 12.2. The van der Waals surface area contributed by atoms with Crippen LogP contribution in [0.4, 0.5) is 15.6 Å². The van der Waals surface area contributed by atoms with Crippen molar-refractivity contribution in [1.29, 1.82) is 0 Å². The number of carbonyl (C=O) groups excluding carboxylic acids is 2. The van der Waals surface area contributed by atoms with Gasteiger partial charge >= 0.3 is 6.03 Å². The predicted octanol–water partition coefficient (Wildman–Crippen LogP) is 6.02. The largest absolute Gasteiger partial charge is 0.496 e. The predicted molar refractivity (Wildman–Crippen MR) is 136 cm³/mol. The van der Waals surface area contributed by atoms with Crippen molar-refractivity contribution in [3.63, 3.8) is 0 Å². The van der Waals surface area contributed by atoms with Gasteiger partial charge in [-0.1, -0.05) is 23.8 Å². The summed E-state index contributed by atoms with van der Waals surface area (Å²) in [6.45, 7) is 1.89. The smallest absolute Gasteiger partial charge is 0.325 e. The quantitative estimate of drug-likeness (QED) is 0.232. The molecule has 9 heteroatoms. The van der Waals surface area contributed by atoms with Crippen LogP contribution in [0.3, 0.4) is 0 Å². The van der Waals surface area contributed by atoms with E-state index in [-0.39, 0.29) is 5.78 Å². The number of ketones is 1. The first-order chi connectivity index (χ1) is 16.5. The molecule has 2 aromatic carbocycles. The number of carbonyl (C=O) groups is 2. The van der Waals surface area contributed by atoms with Crippen LogP contribution in [0.25, 0.3) is 0 Å². The van der Waals surface area contributed by atoms with Gasteiger partial charge < -0.3 is 10.1 Å². The van der Waals surface area contributed by atoms with Gasteiger partial charge in [-0.25, -0.2) is 9.78 Å². The number of thiazole rings is 1. The molecule has 172 valence electrons. The van der Waals surface area contributed by atoms with Crippen LogP contribution in [0.2, 0.25) is 0 Å². The van der Waals surface area contributed by atoms with Crippen molar-refractivity contribution >= 4 is 45.7 Å². The summed E-state index contributed by atoms with van der Waals surface area (Å²) < 4.78 is 5.34. The maximum atomic E-state index is 13.3. The van der Waals surface area contributed by atoms with Crippen molar-refractivity contribution in [2.75, 3.05) is 17.7 Å². The van der Waals surface area contributed by atoms with Crippen LogP contribution in [-0.4, -0.2) is 28.9 Å². The molecule has 0 spiro atoms. The molecule has 0 fully saturated rings. The molecular weight excluding hydrogens is 468 g/mol. The standard InChI is InChI=1S/C25H22N4O3S2/c1-16-9-10-21(20(12-16)23(30)19-7-3-4-8-22(19)32-2)28-24(31)29-25-27-14-18(34-25)15-33-17-6-5-11-26-13-17/h3-14H,15H2,1-2H3,(H2,27,28,29,31). The second-order valence-electron chi connectivity index (χ2n) is 7.27. The summed E-state index contributed by atoms with van der Waals surface area (Å²) in [5, 5.41) is 6.01. The molecule has 2 N–H and O–H groups in total. The van der Waals surface area contributed by atoms with E-state index < -0.39 is 6.03 Å². The van der Waals surface area contributed by atoms with E-state index >= 15 is 0 Å². The molecule has 2 heterocycles. The van der Waals surface area contributed by atoms with E-state index in [1.54, 1.807) is 60.6 Å². The van der Waals surface area contributed by atoms with Crippen molar-refractivity contribution in [3.8, 4) is 5.75 Å². The van der Waals surface area contributed by atoms with Gasteiger partial charge in [0.05, 0.1) is 18.4 Å². The Hall–Kier alpha value is -3.69. The lowest BCUT2D eigenvalue weighted by Crippen LogP contribution is -2.21. The van der Waals surface area contributed by atoms with E-state index in [9.17, 15) is 9.59 Å². The molecule has 0 unspecified atom stereocenters. The molecule has 7 nitrogen and oxygen atoms in total. The Morgan fingerprint density at radius 2 is 1.88 bits per heavy atom. The Labute approximate surface area is 205 Å². The number of para-hydroxylation sites is 1. The normalized spacial score (nSPS) is 10.5. The number of aromatic nitrogens is 2. The number of hydrogen-bond acceptors (Lipinski definition) is 7. The number of nitrogens with one attached hydrogen (secondary N) is 2. The molecule has 0 saturated heterocycles. The summed E-state index contributed by atoms with van der Waals surface area (Å²) in [6, 6.07) is 15.7. The minimum absolute atomic E-state index is 0.236. The zero-order valence-electron chi connectivity index (χ0n) is 18.6. The third kappa shape index (κ3) is 5.81. The number of nitrogens with zero attached hydrogens (tertiary/aromatic N) is 2. The Morgan fingerprint density at radius 1 is 1.03 bits per heavy atom. The van der Waals surface area contributed by atoms with Crippen LogP contribution in [-0.2, 0) is 5.75 Å². The highest BCUT2D eigenvalue weighted by molar-refractivity contribution is 7.98. The van der Waals surface area contributed by atoms with Gasteiger partial charge in [0.15, 0.2) is 10.9 Å². The number of methoxy groups -OCH3 is 1. The topological polar surface area (TPSA) is 93.2 Å². The van der Waals surface area contributed by atoms with Crippen molar-refractivity contribution in [2.45, 2.75) is 17.6 Å². The summed E-state index contributed by atoms with van der Waals surface area (Å²) in [4.78, 5) is 36.4. The second kappa shape index (κ2) is 11.0. The van der Waals surface area contributed by atoms with Crippen LogP contribution >= 0.6 is 23.1 Å². The van der Waals surface area contributed by atoms with Gasteiger partial charge in [-0.2, -0.15) is 0 Å². The average Bonchev–Trinajstić information content (AvgIpc) is 3.31. The molecule has 0 aliphatic rings. The number of urea groups is 1. The number of hydrogen-bond donors (Lipinski definition) is 2. The zero-order valence-corrected chi connectivity index (χ0v) is 20.2. The number of pyridine rings is 1. The summed E-state index contributed by atoms with van der Waals surface area (Å²) >= 11 is 3.05. The van der Waals surface area contributed by atoms with Crippen LogP contribution in [0.15, 0.2) is 78.1 Å². The van der Waals surface area contributed by atoms with Crippen LogP contribution in [0, 0.1) is 6.92 Å². The third-order valence-electron chi connectivity index (χ3n) is 4.81. The minimum Gasteiger partial charge on any atom is -0.496 e. The molecule has 2 aromatic heterocycles. The van der Waals surface area contributed by atoms with Crippen LogP contribution < -0.4 is 15.4 Å². The minimum atomic E-state index is -0.473. The van der Waals surface area contributed by atoms with Crippen LogP contribution in [0.5, 0.6) is 5.75 Å². The SMILES string of the molecule is COc1ccccc1C(=O)c1cc(C)ccc1NC(=O)Nc1ncc(CSc2cccnc2)s1. The number of amides is 2. The molecule has 4 rings (SSSR count). The van der Waals surface area contributed by atoms with Gasteiger partial charge in [0.25, 0.3) is 0 Å². The fourth-order valence-electron chi connectivity index (χ4n) is 3.20. The van der Waals surface area contributed by atoms with Crippen LogP contribution in [0.1, 0.15) is 26.4 Å².